The molecular formula is C22H19FN2O3. The molecule has 0 fully saturated rings. The van der Waals surface area contributed by atoms with E-state index in [1.54, 1.807) is 42.3 Å². The molecule has 3 aromatic rings. The highest BCUT2D eigenvalue weighted by molar-refractivity contribution is 6.12. The SMILES string of the molecule is COc1ccc([C@@H]2Nc3ccccc3C(=O)N2c2ccccc2OC)cc1F. The monoisotopic (exact) mass is 378 g/mol. The minimum Gasteiger partial charge on any atom is -0.495 e. The summed E-state index contributed by atoms with van der Waals surface area (Å²) in [5, 5.41) is 3.35. The molecule has 4 rings (SSSR count). The summed E-state index contributed by atoms with van der Waals surface area (Å²) in [6, 6.07) is 19.2. The van der Waals surface area contributed by atoms with Crippen molar-refractivity contribution in [3.8, 4) is 11.5 Å². The van der Waals surface area contributed by atoms with E-state index in [0.717, 1.165) is 0 Å². The average Bonchev–Trinajstić information content (AvgIpc) is 2.73. The normalized spacial score (nSPS) is 15.6. The fraction of sp³-hybridized carbons (Fsp3) is 0.136. The molecule has 1 aliphatic rings. The van der Waals surface area contributed by atoms with Crippen LogP contribution in [0.5, 0.6) is 11.5 Å². The molecule has 0 saturated heterocycles. The number of carbonyl (C=O) groups is 1. The number of fused-ring (bicyclic) bond motifs is 1. The fourth-order valence-corrected chi connectivity index (χ4v) is 3.42. The molecule has 0 radical (unpaired) electrons. The van der Waals surface area contributed by atoms with Gasteiger partial charge in [0.05, 0.1) is 25.5 Å². The molecule has 0 saturated carbocycles. The van der Waals surface area contributed by atoms with Crippen LogP contribution >= 0.6 is 0 Å². The van der Waals surface area contributed by atoms with Crippen LogP contribution in [-0.2, 0) is 0 Å². The lowest BCUT2D eigenvalue weighted by Crippen LogP contribution is -2.43. The van der Waals surface area contributed by atoms with E-state index >= 15 is 0 Å². The van der Waals surface area contributed by atoms with Gasteiger partial charge in [-0.3, -0.25) is 9.69 Å². The Morgan fingerprint density at radius 2 is 1.64 bits per heavy atom. The van der Waals surface area contributed by atoms with Gasteiger partial charge >= 0.3 is 0 Å². The van der Waals surface area contributed by atoms with Crippen molar-refractivity contribution in [2.75, 3.05) is 24.4 Å². The number of halogens is 1. The Balaban J connectivity index is 1.89. The zero-order chi connectivity index (χ0) is 19.7. The van der Waals surface area contributed by atoms with E-state index in [4.69, 9.17) is 9.47 Å². The van der Waals surface area contributed by atoms with Gasteiger partial charge < -0.3 is 14.8 Å². The minimum atomic E-state index is -0.612. The Morgan fingerprint density at radius 3 is 2.39 bits per heavy atom. The van der Waals surface area contributed by atoms with Gasteiger partial charge in [0.25, 0.3) is 5.91 Å². The van der Waals surface area contributed by atoms with Gasteiger partial charge in [-0.15, -0.1) is 0 Å². The number of amides is 1. The quantitative estimate of drug-likeness (QED) is 0.720. The van der Waals surface area contributed by atoms with E-state index in [1.165, 1.54) is 13.2 Å². The molecule has 1 N–H and O–H groups in total. The number of carbonyl (C=O) groups excluding carboxylic acids is 1. The summed E-state index contributed by atoms with van der Waals surface area (Å²) < 4.78 is 24.9. The van der Waals surface area contributed by atoms with Gasteiger partial charge in [-0.1, -0.05) is 30.3 Å². The zero-order valence-electron chi connectivity index (χ0n) is 15.5. The fourth-order valence-electron chi connectivity index (χ4n) is 3.42. The standard InChI is InChI=1S/C22H19FN2O3/c1-27-19-12-11-14(13-16(19)23)21-24-17-8-4-3-7-15(17)22(26)25(21)18-9-5-6-10-20(18)28-2/h3-13,21,24H,1-2H3/t21-/m1/s1. The molecule has 0 bridgehead atoms. The highest BCUT2D eigenvalue weighted by atomic mass is 19.1. The lowest BCUT2D eigenvalue weighted by atomic mass is 10.0. The molecule has 6 heteroatoms. The van der Waals surface area contributed by atoms with Crippen LogP contribution in [0.1, 0.15) is 22.1 Å². The number of para-hydroxylation sites is 3. The molecule has 1 aliphatic heterocycles. The average molecular weight is 378 g/mol. The number of nitrogens with one attached hydrogen (secondary N) is 1. The summed E-state index contributed by atoms with van der Waals surface area (Å²) in [5.74, 6) is 0.0132. The van der Waals surface area contributed by atoms with E-state index in [9.17, 15) is 9.18 Å². The Bertz CT molecular complexity index is 1040. The van der Waals surface area contributed by atoms with Crippen LogP contribution in [0.4, 0.5) is 15.8 Å². The first kappa shape index (κ1) is 17.9. The number of anilines is 2. The van der Waals surface area contributed by atoms with E-state index in [0.29, 0.717) is 28.3 Å². The molecular weight excluding hydrogens is 359 g/mol. The Labute approximate surface area is 162 Å². The van der Waals surface area contributed by atoms with Crippen LogP contribution in [0.3, 0.4) is 0 Å². The predicted molar refractivity (Wildman–Crippen MR) is 106 cm³/mol. The largest absolute Gasteiger partial charge is 0.495 e. The van der Waals surface area contributed by atoms with E-state index in [-0.39, 0.29) is 11.7 Å². The number of hydrogen-bond donors (Lipinski definition) is 1. The molecule has 1 atom stereocenters. The molecule has 1 heterocycles. The second-order valence-corrected chi connectivity index (χ2v) is 6.33. The minimum absolute atomic E-state index is 0.148. The van der Waals surface area contributed by atoms with Crippen LogP contribution in [0.25, 0.3) is 0 Å². The van der Waals surface area contributed by atoms with Crippen molar-refractivity contribution in [1.29, 1.82) is 0 Å². The summed E-state index contributed by atoms with van der Waals surface area (Å²) in [5.41, 5.74) is 2.42. The van der Waals surface area contributed by atoms with Crippen LogP contribution in [0.15, 0.2) is 66.7 Å². The van der Waals surface area contributed by atoms with Crippen molar-refractivity contribution in [2.24, 2.45) is 0 Å². The van der Waals surface area contributed by atoms with Crippen LogP contribution in [0, 0.1) is 5.82 Å². The van der Waals surface area contributed by atoms with Gasteiger partial charge in [-0.05, 0) is 42.0 Å². The number of ether oxygens (including phenoxy) is 2. The molecule has 1 amide bonds. The van der Waals surface area contributed by atoms with E-state index in [1.807, 2.05) is 30.3 Å². The first-order valence-corrected chi connectivity index (χ1v) is 8.79. The molecule has 5 nitrogen and oxygen atoms in total. The number of methoxy groups -OCH3 is 2. The Kier molecular flexibility index (Phi) is 4.61. The molecule has 0 spiro atoms. The van der Waals surface area contributed by atoms with Crippen molar-refractivity contribution in [3.05, 3.63) is 83.7 Å². The van der Waals surface area contributed by atoms with Gasteiger partial charge in [-0.2, -0.15) is 0 Å². The number of benzene rings is 3. The lowest BCUT2D eigenvalue weighted by Gasteiger charge is -2.38. The third kappa shape index (κ3) is 2.93. The van der Waals surface area contributed by atoms with E-state index < -0.39 is 12.0 Å². The third-order valence-corrected chi connectivity index (χ3v) is 4.76. The second kappa shape index (κ2) is 7.23. The first-order chi connectivity index (χ1) is 13.6. The first-order valence-electron chi connectivity index (χ1n) is 8.79. The summed E-state index contributed by atoms with van der Waals surface area (Å²) >= 11 is 0. The maximum Gasteiger partial charge on any atom is 0.262 e. The molecule has 142 valence electrons. The van der Waals surface area contributed by atoms with Gasteiger partial charge in [-0.25, -0.2) is 4.39 Å². The molecule has 28 heavy (non-hydrogen) atoms. The predicted octanol–water partition coefficient (Wildman–Crippen LogP) is 4.61. The maximum atomic E-state index is 14.4. The topological polar surface area (TPSA) is 50.8 Å². The van der Waals surface area contributed by atoms with Crippen molar-refractivity contribution >= 4 is 17.3 Å². The lowest BCUT2D eigenvalue weighted by molar-refractivity contribution is 0.0974. The van der Waals surface area contributed by atoms with Gasteiger partial charge in [0.15, 0.2) is 11.6 Å². The van der Waals surface area contributed by atoms with Gasteiger partial charge in [0, 0.05) is 5.69 Å². The summed E-state index contributed by atoms with van der Waals surface area (Å²) in [7, 11) is 2.97. The number of hydrogen-bond acceptors (Lipinski definition) is 4. The summed E-state index contributed by atoms with van der Waals surface area (Å²) in [6.45, 7) is 0. The van der Waals surface area contributed by atoms with Crippen LogP contribution in [0.2, 0.25) is 0 Å². The molecule has 0 unspecified atom stereocenters. The van der Waals surface area contributed by atoms with Gasteiger partial charge in [0.2, 0.25) is 0 Å². The number of nitrogens with zero attached hydrogens (tertiary/aromatic N) is 1. The molecule has 0 aromatic heterocycles. The highest BCUT2D eigenvalue weighted by Crippen LogP contribution is 2.40. The van der Waals surface area contributed by atoms with Crippen molar-refractivity contribution in [2.45, 2.75) is 6.17 Å². The van der Waals surface area contributed by atoms with Crippen molar-refractivity contribution in [3.63, 3.8) is 0 Å². The smallest absolute Gasteiger partial charge is 0.262 e. The second-order valence-electron chi connectivity index (χ2n) is 6.33. The maximum absolute atomic E-state index is 14.4. The van der Waals surface area contributed by atoms with Crippen LogP contribution < -0.4 is 19.7 Å². The van der Waals surface area contributed by atoms with Crippen molar-refractivity contribution in [1.82, 2.24) is 0 Å². The highest BCUT2D eigenvalue weighted by Gasteiger charge is 2.35. The van der Waals surface area contributed by atoms with Crippen molar-refractivity contribution < 1.29 is 18.7 Å². The third-order valence-electron chi connectivity index (χ3n) is 4.76. The Hall–Kier alpha value is -3.54. The number of rotatable bonds is 4. The zero-order valence-corrected chi connectivity index (χ0v) is 15.5. The summed E-state index contributed by atoms with van der Waals surface area (Å²) in [6.07, 6.45) is -0.612. The Morgan fingerprint density at radius 1 is 0.929 bits per heavy atom. The van der Waals surface area contributed by atoms with E-state index in [2.05, 4.69) is 5.32 Å². The molecule has 0 aliphatic carbocycles. The molecule has 3 aromatic carbocycles. The van der Waals surface area contributed by atoms with Crippen LogP contribution in [-0.4, -0.2) is 20.1 Å². The summed E-state index contributed by atoms with van der Waals surface area (Å²) in [4.78, 5) is 15.0. The van der Waals surface area contributed by atoms with Gasteiger partial charge in [0.1, 0.15) is 11.9 Å².